The normalized spacial score (nSPS) is 10.6. The second-order valence-corrected chi connectivity index (χ2v) is 4.19. The Balaban J connectivity index is 2.79. The monoisotopic (exact) mass is 228 g/mol. The minimum absolute atomic E-state index is 0.741. The van der Waals surface area contributed by atoms with Gasteiger partial charge in [-0.1, -0.05) is 29.8 Å². The number of hydrogen-bond acceptors (Lipinski definition) is 1. The first-order chi connectivity index (χ1) is 6.31. The minimum atomic E-state index is 0.741. The van der Waals surface area contributed by atoms with Gasteiger partial charge in [0.25, 0.3) is 0 Å². The van der Waals surface area contributed by atoms with Crippen LogP contribution in [-0.2, 0) is 0 Å². The van der Waals surface area contributed by atoms with Gasteiger partial charge in [-0.05, 0) is 50.6 Å². The van der Waals surface area contributed by atoms with Crippen LogP contribution in [0.3, 0.4) is 0 Å². The molecule has 2 aromatic carbocycles. The van der Waals surface area contributed by atoms with Crippen LogP contribution in [0.4, 0.5) is 0 Å². The molecule has 13 heavy (non-hydrogen) atoms. The summed E-state index contributed by atoms with van der Waals surface area (Å²) in [6, 6.07) is 11.8. The Hall–Kier alpha value is -0.370. The Morgan fingerprint density at radius 2 is 1.92 bits per heavy atom. The van der Waals surface area contributed by atoms with Crippen molar-refractivity contribution in [2.24, 2.45) is 0 Å². The van der Waals surface area contributed by atoms with Gasteiger partial charge in [0.05, 0.1) is 0 Å². The first-order valence-electron chi connectivity index (χ1n) is 3.78. The molecule has 0 nitrogen and oxygen atoms in total. The van der Waals surface area contributed by atoms with Crippen LogP contribution in [0.2, 0.25) is 5.02 Å². The Labute approximate surface area is 90.3 Å². The fourth-order valence-electron chi connectivity index (χ4n) is 1.28. The smallest absolute Gasteiger partial charge is 0.0412 e. The molecule has 2 aromatic rings. The van der Waals surface area contributed by atoms with Gasteiger partial charge >= 0.3 is 0 Å². The van der Waals surface area contributed by atoms with Crippen molar-refractivity contribution in [2.45, 2.75) is 4.90 Å². The fourth-order valence-corrected chi connectivity index (χ4v) is 2.25. The molecular weight excluding hydrogens is 223 g/mol. The quantitative estimate of drug-likeness (QED) is 0.680. The standard InChI is InChI=1S/C10H6Cl2S/c11-8-5-4-7-2-1-3-10(13-12)9(7)6-8/h1-6H. The van der Waals surface area contributed by atoms with Gasteiger partial charge in [0.2, 0.25) is 0 Å². The van der Waals surface area contributed by atoms with Crippen molar-refractivity contribution in [3.63, 3.8) is 0 Å². The van der Waals surface area contributed by atoms with Gasteiger partial charge in [-0.3, -0.25) is 0 Å². The number of fused-ring (bicyclic) bond motifs is 1. The van der Waals surface area contributed by atoms with E-state index in [1.165, 1.54) is 11.0 Å². The molecule has 0 bridgehead atoms. The van der Waals surface area contributed by atoms with Crippen LogP contribution in [0.5, 0.6) is 0 Å². The first kappa shape index (κ1) is 9.20. The maximum atomic E-state index is 5.90. The number of rotatable bonds is 1. The molecule has 0 aliphatic carbocycles. The summed E-state index contributed by atoms with van der Waals surface area (Å²) in [5.41, 5.74) is 0. The lowest BCUT2D eigenvalue weighted by Crippen LogP contribution is -1.75. The topological polar surface area (TPSA) is 0 Å². The molecule has 0 radical (unpaired) electrons. The Morgan fingerprint density at radius 1 is 1.08 bits per heavy atom. The average molecular weight is 229 g/mol. The van der Waals surface area contributed by atoms with Gasteiger partial charge in [0.1, 0.15) is 0 Å². The highest BCUT2D eigenvalue weighted by molar-refractivity contribution is 8.21. The third kappa shape index (κ3) is 1.78. The summed E-state index contributed by atoms with van der Waals surface area (Å²) < 4.78 is 0. The molecule has 0 aromatic heterocycles. The second kappa shape index (κ2) is 3.79. The van der Waals surface area contributed by atoms with E-state index in [1.807, 2.05) is 36.4 Å². The van der Waals surface area contributed by atoms with E-state index in [4.69, 9.17) is 22.3 Å². The molecular formula is C10H6Cl2S. The largest absolute Gasteiger partial charge is 0.0843 e. The Bertz CT molecular complexity index is 440. The molecule has 0 fully saturated rings. The van der Waals surface area contributed by atoms with E-state index in [9.17, 15) is 0 Å². The third-order valence-corrected chi connectivity index (χ3v) is 3.14. The molecule has 0 aliphatic rings. The van der Waals surface area contributed by atoms with E-state index in [0.717, 1.165) is 20.7 Å². The highest BCUT2D eigenvalue weighted by atomic mass is 35.7. The van der Waals surface area contributed by atoms with Gasteiger partial charge in [-0.25, -0.2) is 0 Å². The summed E-state index contributed by atoms with van der Waals surface area (Å²) in [6.45, 7) is 0. The van der Waals surface area contributed by atoms with Crippen molar-refractivity contribution < 1.29 is 0 Å². The summed E-state index contributed by atoms with van der Waals surface area (Å²) >= 11 is 5.90. The minimum Gasteiger partial charge on any atom is -0.0843 e. The number of hydrogen-bond donors (Lipinski definition) is 0. The Kier molecular flexibility index (Phi) is 2.68. The predicted octanol–water partition coefficient (Wildman–Crippen LogP) is 4.74. The first-order valence-corrected chi connectivity index (χ1v) is 5.80. The summed E-state index contributed by atoms with van der Waals surface area (Å²) in [5.74, 6) is 0. The van der Waals surface area contributed by atoms with Crippen LogP contribution < -0.4 is 0 Å². The van der Waals surface area contributed by atoms with Crippen LogP contribution in [0.15, 0.2) is 41.3 Å². The molecule has 0 heterocycles. The molecule has 0 saturated heterocycles. The van der Waals surface area contributed by atoms with Crippen LogP contribution in [0, 0.1) is 0 Å². The fraction of sp³-hybridized carbons (Fsp3) is 0. The molecule has 0 spiro atoms. The SMILES string of the molecule is ClSc1cccc2ccc(Cl)cc12. The van der Waals surface area contributed by atoms with Crippen molar-refractivity contribution in [1.82, 2.24) is 0 Å². The molecule has 0 saturated carbocycles. The maximum absolute atomic E-state index is 5.90. The van der Waals surface area contributed by atoms with Gasteiger partial charge in [-0.15, -0.1) is 0 Å². The summed E-state index contributed by atoms with van der Waals surface area (Å²) in [7, 11) is 6.95. The zero-order valence-electron chi connectivity index (χ0n) is 6.63. The summed E-state index contributed by atoms with van der Waals surface area (Å²) in [4.78, 5) is 1.04. The van der Waals surface area contributed by atoms with Crippen molar-refractivity contribution in [2.75, 3.05) is 0 Å². The van der Waals surface area contributed by atoms with Gasteiger partial charge in [0.15, 0.2) is 0 Å². The predicted molar refractivity (Wildman–Crippen MR) is 60.7 cm³/mol. The number of benzene rings is 2. The van der Waals surface area contributed by atoms with Crippen LogP contribution in [0.1, 0.15) is 0 Å². The summed E-state index contributed by atoms with van der Waals surface area (Å²) in [6.07, 6.45) is 0. The number of halogens is 2. The lowest BCUT2D eigenvalue weighted by atomic mass is 10.1. The Morgan fingerprint density at radius 3 is 2.69 bits per heavy atom. The lowest BCUT2D eigenvalue weighted by molar-refractivity contribution is 1.56. The van der Waals surface area contributed by atoms with E-state index < -0.39 is 0 Å². The molecule has 0 amide bonds. The van der Waals surface area contributed by atoms with Gasteiger partial charge in [0, 0.05) is 9.92 Å². The lowest BCUT2D eigenvalue weighted by Gasteiger charge is -2.02. The van der Waals surface area contributed by atoms with Gasteiger partial charge < -0.3 is 0 Å². The van der Waals surface area contributed by atoms with Crippen molar-refractivity contribution in [1.29, 1.82) is 0 Å². The van der Waals surface area contributed by atoms with E-state index >= 15 is 0 Å². The molecule has 0 unspecified atom stereocenters. The van der Waals surface area contributed by atoms with E-state index in [2.05, 4.69) is 0 Å². The van der Waals surface area contributed by atoms with Crippen LogP contribution >= 0.6 is 33.3 Å². The van der Waals surface area contributed by atoms with Crippen LogP contribution in [-0.4, -0.2) is 0 Å². The van der Waals surface area contributed by atoms with E-state index in [-0.39, 0.29) is 0 Å². The van der Waals surface area contributed by atoms with Crippen molar-refractivity contribution >= 4 is 44.0 Å². The van der Waals surface area contributed by atoms with Crippen molar-refractivity contribution in [3.05, 3.63) is 41.4 Å². The molecule has 0 N–H and O–H groups in total. The van der Waals surface area contributed by atoms with E-state index in [1.54, 1.807) is 0 Å². The van der Waals surface area contributed by atoms with Crippen LogP contribution in [0.25, 0.3) is 10.8 Å². The second-order valence-electron chi connectivity index (χ2n) is 2.70. The maximum Gasteiger partial charge on any atom is 0.0412 e. The molecule has 66 valence electrons. The highest BCUT2D eigenvalue weighted by Gasteiger charge is 2.00. The molecule has 0 atom stereocenters. The third-order valence-electron chi connectivity index (χ3n) is 1.89. The average Bonchev–Trinajstić information content (AvgIpc) is 2.17. The van der Waals surface area contributed by atoms with E-state index in [0.29, 0.717) is 0 Å². The highest BCUT2D eigenvalue weighted by Crippen LogP contribution is 2.31. The zero-order valence-corrected chi connectivity index (χ0v) is 8.96. The summed E-state index contributed by atoms with van der Waals surface area (Å²) in [5, 5.41) is 3.01. The van der Waals surface area contributed by atoms with Crippen molar-refractivity contribution in [3.8, 4) is 0 Å². The molecule has 2 rings (SSSR count). The zero-order chi connectivity index (χ0) is 9.26. The van der Waals surface area contributed by atoms with Gasteiger partial charge in [-0.2, -0.15) is 0 Å². The molecule has 0 aliphatic heterocycles. The molecule has 3 heteroatoms.